The van der Waals surface area contributed by atoms with Crippen LogP contribution >= 0.6 is 11.3 Å². The van der Waals surface area contributed by atoms with Crippen molar-refractivity contribution >= 4 is 27.8 Å². The van der Waals surface area contributed by atoms with Crippen molar-refractivity contribution in [2.45, 2.75) is 64.3 Å². The fraction of sp³-hybridized carbons (Fsp3) is 0.647. The van der Waals surface area contributed by atoms with Crippen LogP contribution in [0.15, 0.2) is 22.8 Å². The quantitative estimate of drug-likeness (QED) is 0.812. The molecule has 7 heteroatoms. The summed E-state index contributed by atoms with van der Waals surface area (Å²) >= 11 is 1.68. The van der Waals surface area contributed by atoms with Crippen molar-refractivity contribution in [2.24, 2.45) is 4.99 Å². The van der Waals surface area contributed by atoms with Crippen LogP contribution in [0.4, 0.5) is 5.69 Å². The average Bonchev–Trinajstić information content (AvgIpc) is 3.21. The van der Waals surface area contributed by atoms with Gasteiger partial charge in [0.2, 0.25) is 0 Å². The van der Waals surface area contributed by atoms with Gasteiger partial charge in [0, 0.05) is 45.5 Å². The van der Waals surface area contributed by atoms with E-state index in [2.05, 4.69) is 28.9 Å². The molecule has 2 aromatic heterocycles. The average molecular weight is 367 g/mol. The number of nitrogens with zero attached hydrogens (tertiary/aromatic N) is 4. The van der Waals surface area contributed by atoms with Crippen molar-refractivity contribution in [3.8, 4) is 0 Å². The molecule has 0 amide bonds. The number of aryl methyl sites for hydroxylation is 2. The summed E-state index contributed by atoms with van der Waals surface area (Å²) in [6.07, 6.45) is 8.19. The minimum atomic E-state index is -0.699. The van der Waals surface area contributed by atoms with E-state index in [1.165, 1.54) is 5.69 Å². The zero-order valence-corrected chi connectivity index (χ0v) is 16.3. The molecule has 132 valence electrons. The van der Waals surface area contributed by atoms with E-state index in [1.807, 2.05) is 24.0 Å². The first kappa shape index (κ1) is 17.6. The molecule has 2 aromatic rings. The minimum absolute atomic E-state index is 0.330. The summed E-state index contributed by atoms with van der Waals surface area (Å²) in [5.74, 6) is 0.762. The predicted octanol–water partition coefficient (Wildman–Crippen LogP) is 3.56. The van der Waals surface area contributed by atoms with E-state index in [0.29, 0.717) is 11.3 Å². The van der Waals surface area contributed by atoms with Crippen LogP contribution in [0.2, 0.25) is 0 Å². The molecule has 1 aliphatic carbocycles. The molecule has 1 saturated carbocycles. The van der Waals surface area contributed by atoms with E-state index in [0.717, 1.165) is 48.5 Å². The van der Waals surface area contributed by atoms with Gasteiger partial charge in [0.25, 0.3) is 0 Å². The highest BCUT2D eigenvalue weighted by molar-refractivity contribution is 7.85. The minimum Gasteiger partial charge on any atom is -0.318 e. The number of hydrogen-bond acceptors (Lipinski definition) is 4. The van der Waals surface area contributed by atoms with Crippen molar-refractivity contribution in [1.82, 2.24) is 14.3 Å². The Hall–Kier alpha value is -1.21. The molecule has 0 unspecified atom stereocenters. The molecule has 1 fully saturated rings. The van der Waals surface area contributed by atoms with Crippen molar-refractivity contribution in [2.75, 3.05) is 5.75 Å². The Bertz CT molecular complexity index is 774. The van der Waals surface area contributed by atoms with E-state index in [1.54, 1.807) is 11.3 Å². The molecule has 0 N–H and O–H groups in total. The van der Waals surface area contributed by atoms with Crippen LogP contribution in [0.5, 0.6) is 0 Å². The van der Waals surface area contributed by atoms with Crippen LogP contribution in [0.3, 0.4) is 0 Å². The van der Waals surface area contributed by atoms with Crippen molar-refractivity contribution in [3.05, 3.63) is 28.3 Å². The first-order valence-electron chi connectivity index (χ1n) is 8.73. The molecule has 3 rings (SSSR count). The van der Waals surface area contributed by atoms with E-state index in [9.17, 15) is 4.21 Å². The Kier molecular flexibility index (Phi) is 5.71. The second kappa shape index (κ2) is 7.78. The van der Waals surface area contributed by atoms with Gasteiger partial charge in [-0.15, -0.1) is 11.3 Å². The summed E-state index contributed by atoms with van der Waals surface area (Å²) in [5, 5.41) is 6.80. The molecule has 5 nitrogen and oxygen atoms in total. The maximum Gasteiger partial charge on any atom is 0.190 e. The van der Waals surface area contributed by atoms with Crippen molar-refractivity contribution in [1.29, 1.82) is 0 Å². The largest absolute Gasteiger partial charge is 0.318 e. The van der Waals surface area contributed by atoms with Crippen LogP contribution in [-0.4, -0.2) is 29.6 Å². The molecular formula is C17H26N4OS2. The lowest BCUT2D eigenvalue weighted by Gasteiger charge is -2.30. The Morgan fingerprint density at radius 1 is 1.42 bits per heavy atom. The van der Waals surface area contributed by atoms with E-state index in [4.69, 9.17) is 4.99 Å². The lowest BCUT2D eigenvalue weighted by Crippen LogP contribution is -2.31. The van der Waals surface area contributed by atoms with E-state index >= 15 is 0 Å². The van der Waals surface area contributed by atoms with Gasteiger partial charge < -0.3 is 4.57 Å². The number of thiazole rings is 1. The molecule has 0 radical (unpaired) electrons. The third kappa shape index (κ3) is 3.72. The van der Waals surface area contributed by atoms with Gasteiger partial charge in [0.1, 0.15) is 5.69 Å². The molecule has 0 bridgehead atoms. The van der Waals surface area contributed by atoms with Crippen LogP contribution in [0, 0.1) is 6.92 Å². The highest BCUT2D eigenvalue weighted by Gasteiger charge is 2.27. The Labute approximate surface area is 149 Å². The maximum absolute atomic E-state index is 12.2. The standard InChI is InChI=1S/C17H26N4OS2/c1-4-20-11-14(10-18-20)19-17-21(13(3)12-23-17)15-7-6-8-16(9-15)24(22)5-2/h10-12,15-16H,4-9H2,1-3H3/t15-,16+,24+/m1/s1. The highest BCUT2D eigenvalue weighted by Crippen LogP contribution is 2.31. The second-order valence-corrected chi connectivity index (χ2v) is 9.15. The molecule has 2 heterocycles. The monoisotopic (exact) mass is 366 g/mol. The van der Waals surface area contributed by atoms with Gasteiger partial charge in [0.15, 0.2) is 4.80 Å². The zero-order chi connectivity index (χ0) is 17.1. The highest BCUT2D eigenvalue weighted by atomic mass is 32.2. The summed E-state index contributed by atoms with van der Waals surface area (Å²) in [5.41, 5.74) is 2.14. The number of aromatic nitrogens is 3. The topological polar surface area (TPSA) is 52.2 Å². The van der Waals surface area contributed by atoms with Gasteiger partial charge >= 0.3 is 0 Å². The summed E-state index contributed by atoms with van der Waals surface area (Å²) in [4.78, 5) is 5.84. The van der Waals surface area contributed by atoms with E-state index in [-0.39, 0.29) is 0 Å². The third-order valence-electron chi connectivity index (χ3n) is 4.71. The predicted molar refractivity (Wildman–Crippen MR) is 100 cm³/mol. The number of hydrogen-bond donors (Lipinski definition) is 0. The lowest BCUT2D eigenvalue weighted by molar-refractivity contribution is 0.347. The van der Waals surface area contributed by atoms with Gasteiger partial charge in [-0.05, 0) is 33.1 Å². The molecular weight excluding hydrogens is 340 g/mol. The molecule has 0 aliphatic heterocycles. The SMILES string of the molecule is CCn1cc(N=c2scc(C)n2[C@@H]2CCC[C@H]([S@@](=O)CC)C2)cn1. The molecule has 1 aliphatic rings. The molecule has 0 spiro atoms. The summed E-state index contributed by atoms with van der Waals surface area (Å²) in [6, 6.07) is 0.408. The Morgan fingerprint density at radius 2 is 2.25 bits per heavy atom. The van der Waals surface area contributed by atoms with Gasteiger partial charge in [-0.2, -0.15) is 5.10 Å². The Morgan fingerprint density at radius 3 is 2.96 bits per heavy atom. The van der Waals surface area contributed by atoms with Crippen LogP contribution in [-0.2, 0) is 17.3 Å². The fourth-order valence-corrected chi connectivity index (χ4v) is 5.74. The normalized spacial score (nSPS) is 23.5. The van der Waals surface area contributed by atoms with Gasteiger partial charge in [-0.3, -0.25) is 8.89 Å². The second-order valence-electron chi connectivity index (χ2n) is 6.31. The summed E-state index contributed by atoms with van der Waals surface area (Å²) in [6.45, 7) is 7.09. The van der Waals surface area contributed by atoms with Crippen molar-refractivity contribution < 1.29 is 4.21 Å². The van der Waals surface area contributed by atoms with Crippen LogP contribution < -0.4 is 4.80 Å². The van der Waals surface area contributed by atoms with Crippen LogP contribution in [0.25, 0.3) is 0 Å². The van der Waals surface area contributed by atoms with Gasteiger partial charge in [-0.25, -0.2) is 4.99 Å². The van der Waals surface area contributed by atoms with Gasteiger partial charge in [0.05, 0.1) is 12.4 Å². The smallest absolute Gasteiger partial charge is 0.190 e. The molecule has 3 atom stereocenters. The summed E-state index contributed by atoms with van der Waals surface area (Å²) in [7, 11) is -0.699. The van der Waals surface area contributed by atoms with Crippen molar-refractivity contribution in [3.63, 3.8) is 0 Å². The molecule has 0 aromatic carbocycles. The molecule has 24 heavy (non-hydrogen) atoms. The van der Waals surface area contributed by atoms with Crippen LogP contribution in [0.1, 0.15) is 51.3 Å². The zero-order valence-electron chi connectivity index (χ0n) is 14.6. The van der Waals surface area contributed by atoms with E-state index < -0.39 is 10.8 Å². The lowest BCUT2D eigenvalue weighted by atomic mass is 9.94. The third-order valence-corrected chi connectivity index (χ3v) is 7.41. The first-order chi connectivity index (χ1) is 11.6. The Balaban J connectivity index is 1.91. The fourth-order valence-electron chi connectivity index (χ4n) is 3.45. The van der Waals surface area contributed by atoms with Gasteiger partial charge in [-0.1, -0.05) is 13.3 Å². The number of rotatable bonds is 5. The maximum atomic E-state index is 12.2. The first-order valence-corrected chi connectivity index (χ1v) is 11.0. The molecule has 0 saturated heterocycles. The summed E-state index contributed by atoms with van der Waals surface area (Å²) < 4.78 is 16.5.